The van der Waals surface area contributed by atoms with Crippen molar-refractivity contribution in [2.45, 2.75) is 25.2 Å². The highest BCUT2D eigenvalue weighted by Gasteiger charge is 2.29. The molecule has 1 aliphatic carbocycles. The molecule has 3 heterocycles. The number of anilines is 1. The van der Waals surface area contributed by atoms with Crippen molar-refractivity contribution in [3.05, 3.63) is 65.8 Å². The number of hydrogen-bond donors (Lipinski definition) is 1. The van der Waals surface area contributed by atoms with Gasteiger partial charge in [-0.25, -0.2) is 14.4 Å². The van der Waals surface area contributed by atoms with Gasteiger partial charge in [-0.05, 0) is 30.5 Å². The van der Waals surface area contributed by atoms with Gasteiger partial charge in [0.25, 0.3) is 0 Å². The summed E-state index contributed by atoms with van der Waals surface area (Å²) in [5.41, 5.74) is 9.15. The van der Waals surface area contributed by atoms with Gasteiger partial charge in [0.05, 0.1) is 35.9 Å². The smallest absolute Gasteiger partial charge is 0.228 e. The predicted octanol–water partition coefficient (Wildman–Crippen LogP) is 2.49. The van der Waals surface area contributed by atoms with Gasteiger partial charge in [0.1, 0.15) is 5.82 Å². The molecule has 0 aromatic carbocycles. The fourth-order valence-electron chi connectivity index (χ4n) is 3.46. The van der Waals surface area contributed by atoms with Crippen LogP contribution in [0.4, 0.5) is 10.1 Å². The Kier molecular flexibility index (Phi) is 4.66. The van der Waals surface area contributed by atoms with Crippen LogP contribution in [0.25, 0.3) is 5.57 Å². The van der Waals surface area contributed by atoms with E-state index >= 15 is 0 Å². The van der Waals surface area contributed by atoms with Crippen molar-refractivity contribution in [1.82, 2.24) is 19.9 Å². The summed E-state index contributed by atoms with van der Waals surface area (Å²) in [5, 5.41) is 0. The van der Waals surface area contributed by atoms with Gasteiger partial charge in [-0.1, -0.05) is 18.2 Å². The Morgan fingerprint density at radius 2 is 2.11 bits per heavy atom. The molecule has 0 radical (unpaired) electrons. The minimum Gasteiger partial charge on any atom is -0.397 e. The van der Waals surface area contributed by atoms with E-state index in [0.717, 1.165) is 36.5 Å². The zero-order chi connectivity index (χ0) is 18.8. The van der Waals surface area contributed by atoms with Gasteiger partial charge in [0.2, 0.25) is 5.91 Å². The van der Waals surface area contributed by atoms with Crippen molar-refractivity contribution in [2.75, 3.05) is 18.8 Å². The minimum atomic E-state index is -0.460. The van der Waals surface area contributed by atoms with Crippen LogP contribution in [-0.4, -0.2) is 38.8 Å². The lowest BCUT2D eigenvalue weighted by Gasteiger charge is -2.17. The van der Waals surface area contributed by atoms with Crippen LogP contribution in [0.15, 0.2) is 42.8 Å². The molecule has 1 amide bonds. The predicted molar refractivity (Wildman–Crippen MR) is 100 cm³/mol. The molecule has 2 N–H and O–H groups in total. The van der Waals surface area contributed by atoms with Gasteiger partial charge in [0.15, 0.2) is 5.82 Å². The number of carbonyl (C=O) groups excluding carboxylic acids is 1. The summed E-state index contributed by atoms with van der Waals surface area (Å²) in [7, 11) is 0. The third-order valence-corrected chi connectivity index (χ3v) is 4.97. The molecule has 2 aliphatic rings. The van der Waals surface area contributed by atoms with E-state index in [9.17, 15) is 9.18 Å². The summed E-state index contributed by atoms with van der Waals surface area (Å²) in [6.07, 6.45) is 10.2. The fraction of sp³-hybridized carbons (Fsp3) is 0.300. The normalized spacial score (nSPS) is 18.8. The van der Waals surface area contributed by atoms with E-state index in [2.05, 4.69) is 21.0 Å². The second-order valence-corrected chi connectivity index (χ2v) is 6.82. The highest BCUT2D eigenvalue weighted by molar-refractivity contribution is 5.80. The Hall–Kier alpha value is -3.09. The maximum atomic E-state index is 13.0. The lowest BCUT2D eigenvalue weighted by atomic mass is 10.1. The van der Waals surface area contributed by atoms with Gasteiger partial charge in [-0.15, -0.1) is 0 Å². The molecule has 6 nitrogen and oxygen atoms in total. The Morgan fingerprint density at radius 1 is 1.30 bits per heavy atom. The number of pyridine rings is 1. The van der Waals surface area contributed by atoms with Crippen LogP contribution in [0.1, 0.15) is 36.0 Å². The van der Waals surface area contributed by atoms with Crippen LogP contribution in [0.5, 0.6) is 0 Å². The number of allylic oxidation sites excluding steroid dienone is 4. The molecule has 1 unspecified atom stereocenters. The molecule has 0 saturated carbocycles. The van der Waals surface area contributed by atoms with Crippen molar-refractivity contribution in [1.29, 1.82) is 0 Å². The maximum Gasteiger partial charge on any atom is 0.228 e. The minimum absolute atomic E-state index is 0.0190. The lowest BCUT2D eigenvalue weighted by molar-refractivity contribution is -0.129. The third-order valence-electron chi connectivity index (χ3n) is 4.97. The molecule has 138 valence electrons. The van der Waals surface area contributed by atoms with E-state index in [4.69, 9.17) is 5.73 Å². The maximum absolute atomic E-state index is 13.0. The largest absolute Gasteiger partial charge is 0.397 e. The standard InChI is InChI=1S/C20H20FN5O/c21-15-10-23-20(24-11-15)14-7-8-26(12-14)19(27)9-18-16(22)5-6-17(25-18)13-3-1-2-4-13/h1-3,5-6,10-11,14H,4,7-9,12,22H2. The molecule has 2 aromatic heterocycles. The Morgan fingerprint density at radius 3 is 2.85 bits per heavy atom. The van der Waals surface area contributed by atoms with Crippen LogP contribution >= 0.6 is 0 Å². The summed E-state index contributed by atoms with van der Waals surface area (Å²) in [5.74, 6) is 0.126. The summed E-state index contributed by atoms with van der Waals surface area (Å²) < 4.78 is 13.0. The average molecular weight is 365 g/mol. The molecule has 27 heavy (non-hydrogen) atoms. The van der Waals surface area contributed by atoms with Gasteiger partial charge in [0, 0.05) is 19.0 Å². The first-order valence-electron chi connectivity index (χ1n) is 8.97. The number of carbonyl (C=O) groups is 1. The zero-order valence-electron chi connectivity index (χ0n) is 14.8. The van der Waals surface area contributed by atoms with Crippen LogP contribution in [0, 0.1) is 5.82 Å². The Balaban J connectivity index is 1.43. The van der Waals surface area contributed by atoms with Crippen molar-refractivity contribution in [3.63, 3.8) is 0 Å². The van der Waals surface area contributed by atoms with Gasteiger partial charge in [-0.2, -0.15) is 0 Å². The summed E-state index contributed by atoms with van der Waals surface area (Å²) in [4.78, 5) is 27.2. The summed E-state index contributed by atoms with van der Waals surface area (Å²) in [6, 6.07) is 3.70. The Labute approximate surface area is 156 Å². The zero-order valence-corrected chi connectivity index (χ0v) is 14.8. The average Bonchev–Trinajstić information content (AvgIpc) is 3.36. The monoisotopic (exact) mass is 365 g/mol. The number of nitrogen functional groups attached to an aromatic ring is 1. The van der Waals surface area contributed by atoms with E-state index in [1.165, 1.54) is 0 Å². The first kappa shape index (κ1) is 17.3. The van der Waals surface area contributed by atoms with E-state index in [1.54, 1.807) is 4.90 Å². The van der Waals surface area contributed by atoms with Gasteiger partial charge in [-0.3, -0.25) is 9.78 Å². The molecule has 0 bridgehead atoms. The topological polar surface area (TPSA) is 85.0 Å². The number of likely N-dealkylation sites (tertiary alicyclic amines) is 1. The number of halogens is 1. The van der Waals surface area contributed by atoms with Crippen molar-refractivity contribution < 1.29 is 9.18 Å². The van der Waals surface area contributed by atoms with Crippen LogP contribution in [-0.2, 0) is 11.2 Å². The molecule has 0 spiro atoms. The number of aromatic nitrogens is 3. The molecule has 1 fully saturated rings. The molecule has 7 heteroatoms. The van der Waals surface area contributed by atoms with Gasteiger partial charge < -0.3 is 10.6 Å². The number of amides is 1. The van der Waals surface area contributed by atoms with Crippen LogP contribution in [0.3, 0.4) is 0 Å². The fourth-order valence-corrected chi connectivity index (χ4v) is 3.46. The van der Waals surface area contributed by atoms with E-state index in [0.29, 0.717) is 30.3 Å². The summed E-state index contributed by atoms with van der Waals surface area (Å²) >= 11 is 0. The van der Waals surface area contributed by atoms with Crippen molar-refractivity contribution >= 4 is 17.2 Å². The molecule has 1 saturated heterocycles. The highest BCUT2D eigenvalue weighted by Crippen LogP contribution is 2.26. The SMILES string of the molecule is Nc1ccc(C2=CC=CC2)nc1CC(=O)N1CCC(c2ncc(F)cn2)C1. The number of nitrogens with two attached hydrogens (primary N) is 1. The molecule has 1 atom stereocenters. The molecule has 2 aromatic rings. The van der Waals surface area contributed by atoms with E-state index < -0.39 is 5.82 Å². The van der Waals surface area contributed by atoms with Crippen LogP contribution in [0.2, 0.25) is 0 Å². The number of hydrogen-bond acceptors (Lipinski definition) is 5. The van der Waals surface area contributed by atoms with Gasteiger partial charge >= 0.3 is 0 Å². The highest BCUT2D eigenvalue weighted by atomic mass is 19.1. The van der Waals surface area contributed by atoms with E-state index in [-0.39, 0.29) is 18.2 Å². The molecular weight excluding hydrogens is 345 g/mol. The van der Waals surface area contributed by atoms with E-state index in [1.807, 2.05) is 24.3 Å². The Bertz CT molecular complexity index is 922. The quantitative estimate of drug-likeness (QED) is 0.900. The first-order chi connectivity index (χ1) is 13.1. The molecular formula is C20H20FN5O. The lowest BCUT2D eigenvalue weighted by Crippen LogP contribution is -2.30. The van der Waals surface area contributed by atoms with Crippen LogP contribution < -0.4 is 5.73 Å². The molecule has 1 aliphatic heterocycles. The first-order valence-corrected chi connectivity index (χ1v) is 8.97. The van der Waals surface area contributed by atoms with Crippen molar-refractivity contribution in [2.24, 2.45) is 0 Å². The summed E-state index contributed by atoms with van der Waals surface area (Å²) in [6.45, 7) is 1.15. The second-order valence-electron chi connectivity index (χ2n) is 6.82. The number of nitrogens with zero attached hydrogens (tertiary/aromatic N) is 4. The number of rotatable bonds is 4. The third kappa shape index (κ3) is 3.72. The second kappa shape index (κ2) is 7.26. The van der Waals surface area contributed by atoms with Crippen molar-refractivity contribution in [3.8, 4) is 0 Å². The molecule has 4 rings (SSSR count).